The summed E-state index contributed by atoms with van der Waals surface area (Å²) in [4.78, 5) is 15.6. The first-order chi connectivity index (χ1) is 10.6. The predicted molar refractivity (Wildman–Crippen MR) is 93.0 cm³/mol. The highest BCUT2D eigenvalue weighted by atomic mass is 79.9. The van der Waals surface area contributed by atoms with Crippen LogP contribution in [0.2, 0.25) is 0 Å². The van der Waals surface area contributed by atoms with Gasteiger partial charge in [-0.05, 0) is 49.9 Å². The van der Waals surface area contributed by atoms with Crippen LogP contribution in [0.4, 0.5) is 0 Å². The van der Waals surface area contributed by atoms with E-state index in [9.17, 15) is 4.79 Å². The molecular weight excluding hydrogens is 342 g/mol. The minimum atomic E-state index is -0.0317. The van der Waals surface area contributed by atoms with Crippen molar-refractivity contribution >= 4 is 32.7 Å². The van der Waals surface area contributed by atoms with Crippen molar-refractivity contribution in [2.24, 2.45) is 5.92 Å². The zero-order chi connectivity index (χ0) is 15.7. The summed E-state index contributed by atoms with van der Waals surface area (Å²) >= 11 is 3.63. The van der Waals surface area contributed by atoms with Crippen LogP contribution in [0.15, 0.2) is 22.7 Å². The van der Waals surface area contributed by atoms with Gasteiger partial charge in [-0.2, -0.15) is 0 Å². The largest absolute Gasteiger partial charge is 0.358 e. The van der Waals surface area contributed by atoms with Gasteiger partial charge in [-0.15, -0.1) is 0 Å². The zero-order valence-corrected chi connectivity index (χ0v) is 14.6. The van der Waals surface area contributed by atoms with E-state index in [1.807, 2.05) is 6.07 Å². The fraction of sp³-hybridized carbons (Fsp3) is 0.471. The smallest absolute Gasteiger partial charge is 0.237 e. The molecule has 118 valence electrons. The number of H-pyrrole nitrogens is 1. The monoisotopic (exact) mass is 363 g/mol. The number of benzene rings is 1. The molecular formula is C17H22BrN3O. The van der Waals surface area contributed by atoms with Crippen LogP contribution in [-0.4, -0.2) is 30.0 Å². The normalized spacial score (nSPS) is 21.4. The molecule has 2 heterocycles. The average molecular weight is 364 g/mol. The molecule has 3 rings (SSSR count). The van der Waals surface area contributed by atoms with Crippen molar-refractivity contribution in [3.05, 3.63) is 33.9 Å². The topological polar surface area (TPSA) is 56.9 Å². The van der Waals surface area contributed by atoms with Gasteiger partial charge in [0.05, 0.1) is 6.04 Å². The molecule has 0 bridgehead atoms. The van der Waals surface area contributed by atoms with E-state index >= 15 is 0 Å². The third kappa shape index (κ3) is 2.92. The van der Waals surface area contributed by atoms with Crippen molar-refractivity contribution in [2.75, 3.05) is 13.1 Å². The maximum atomic E-state index is 12.2. The highest BCUT2D eigenvalue weighted by Crippen LogP contribution is 2.29. The van der Waals surface area contributed by atoms with Crippen LogP contribution in [0, 0.1) is 12.8 Å². The van der Waals surface area contributed by atoms with Crippen molar-refractivity contribution < 1.29 is 4.79 Å². The average Bonchev–Trinajstić information content (AvgIpc) is 3.03. The number of rotatable bonds is 4. The number of nitrogens with one attached hydrogen (secondary N) is 3. The summed E-state index contributed by atoms with van der Waals surface area (Å²) in [7, 11) is 0. The van der Waals surface area contributed by atoms with Crippen LogP contribution < -0.4 is 10.6 Å². The SMILES string of the molecule is Cc1[nH]c2cccc(Br)c2c1CCNC(=O)C1NCCC1C. The Morgan fingerprint density at radius 3 is 3.00 bits per heavy atom. The summed E-state index contributed by atoms with van der Waals surface area (Å²) in [5.74, 6) is 0.547. The molecule has 0 radical (unpaired) electrons. The molecule has 1 aliphatic heterocycles. The van der Waals surface area contributed by atoms with Gasteiger partial charge in [-0.3, -0.25) is 4.79 Å². The Labute approximate surface area is 139 Å². The van der Waals surface area contributed by atoms with Gasteiger partial charge in [0, 0.05) is 27.6 Å². The summed E-state index contributed by atoms with van der Waals surface area (Å²) in [6, 6.07) is 6.14. The molecule has 4 nitrogen and oxygen atoms in total. The van der Waals surface area contributed by atoms with Gasteiger partial charge in [0.1, 0.15) is 0 Å². The Hall–Kier alpha value is -1.33. The van der Waals surface area contributed by atoms with Gasteiger partial charge in [0.2, 0.25) is 5.91 Å². The highest BCUT2D eigenvalue weighted by molar-refractivity contribution is 9.10. The Balaban J connectivity index is 1.67. The minimum absolute atomic E-state index is 0.0317. The number of hydrogen-bond acceptors (Lipinski definition) is 2. The number of carbonyl (C=O) groups excluding carboxylic acids is 1. The van der Waals surface area contributed by atoms with Crippen LogP contribution >= 0.6 is 15.9 Å². The molecule has 1 amide bonds. The van der Waals surface area contributed by atoms with Gasteiger partial charge in [-0.1, -0.05) is 28.9 Å². The van der Waals surface area contributed by atoms with E-state index in [0.717, 1.165) is 29.4 Å². The second-order valence-electron chi connectivity index (χ2n) is 6.13. The van der Waals surface area contributed by atoms with Crippen molar-refractivity contribution in [2.45, 2.75) is 32.7 Å². The molecule has 1 aliphatic rings. The Bertz CT molecular complexity index is 695. The Morgan fingerprint density at radius 2 is 2.27 bits per heavy atom. The number of halogens is 1. The number of amides is 1. The van der Waals surface area contributed by atoms with Crippen molar-refractivity contribution in [1.82, 2.24) is 15.6 Å². The van der Waals surface area contributed by atoms with Gasteiger partial charge < -0.3 is 15.6 Å². The fourth-order valence-electron chi connectivity index (χ4n) is 3.32. The molecule has 1 fully saturated rings. The van der Waals surface area contributed by atoms with E-state index < -0.39 is 0 Å². The van der Waals surface area contributed by atoms with Crippen LogP contribution in [0.25, 0.3) is 10.9 Å². The maximum absolute atomic E-state index is 12.2. The molecule has 2 unspecified atom stereocenters. The van der Waals surface area contributed by atoms with Crippen LogP contribution in [0.3, 0.4) is 0 Å². The number of aromatic amines is 1. The molecule has 1 saturated heterocycles. The summed E-state index contributed by atoms with van der Waals surface area (Å²) in [5, 5.41) is 7.57. The van der Waals surface area contributed by atoms with E-state index in [-0.39, 0.29) is 11.9 Å². The first kappa shape index (κ1) is 15.6. The number of hydrogen-bond donors (Lipinski definition) is 3. The molecule has 0 saturated carbocycles. The van der Waals surface area contributed by atoms with Gasteiger partial charge >= 0.3 is 0 Å². The summed E-state index contributed by atoms with van der Waals surface area (Å²) in [6.07, 6.45) is 1.91. The van der Waals surface area contributed by atoms with E-state index in [0.29, 0.717) is 12.5 Å². The second kappa shape index (κ2) is 6.42. The zero-order valence-electron chi connectivity index (χ0n) is 13.0. The molecule has 2 atom stereocenters. The standard InChI is InChI=1S/C17H22BrN3O/c1-10-6-8-19-16(10)17(22)20-9-7-12-11(2)21-14-5-3-4-13(18)15(12)14/h3-5,10,16,19,21H,6-9H2,1-2H3,(H,20,22). The van der Waals surface area contributed by atoms with E-state index in [1.54, 1.807) is 0 Å². The quantitative estimate of drug-likeness (QED) is 0.782. The second-order valence-corrected chi connectivity index (χ2v) is 6.98. The number of aromatic nitrogens is 1. The first-order valence-corrected chi connectivity index (χ1v) is 8.64. The fourth-order valence-corrected chi connectivity index (χ4v) is 3.92. The van der Waals surface area contributed by atoms with Crippen LogP contribution in [-0.2, 0) is 11.2 Å². The molecule has 0 aliphatic carbocycles. The van der Waals surface area contributed by atoms with Crippen molar-refractivity contribution in [1.29, 1.82) is 0 Å². The summed E-state index contributed by atoms with van der Waals surface area (Å²) in [5.41, 5.74) is 3.58. The van der Waals surface area contributed by atoms with Crippen LogP contribution in [0.1, 0.15) is 24.6 Å². The van der Waals surface area contributed by atoms with E-state index in [2.05, 4.69) is 57.5 Å². The number of aryl methyl sites for hydroxylation is 1. The number of carbonyl (C=O) groups is 1. The Kier molecular flexibility index (Phi) is 4.54. The number of fused-ring (bicyclic) bond motifs is 1. The lowest BCUT2D eigenvalue weighted by Gasteiger charge is -2.15. The van der Waals surface area contributed by atoms with Crippen LogP contribution in [0.5, 0.6) is 0 Å². The summed E-state index contributed by atoms with van der Waals surface area (Å²) < 4.78 is 1.10. The first-order valence-electron chi connectivity index (χ1n) is 7.84. The highest BCUT2D eigenvalue weighted by Gasteiger charge is 2.28. The van der Waals surface area contributed by atoms with E-state index in [1.165, 1.54) is 16.6 Å². The van der Waals surface area contributed by atoms with Gasteiger partial charge in [0.15, 0.2) is 0 Å². The lowest BCUT2D eigenvalue weighted by atomic mass is 10.0. The molecule has 2 aromatic rings. The van der Waals surface area contributed by atoms with Gasteiger partial charge in [-0.25, -0.2) is 0 Å². The molecule has 1 aromatic heterocycles. The predicted octanol–water partition coefficient (Wildman–Crippen LogP) is 2.90. The Morgan fingerprint density at radius 1 is 1.45 bits per heavy atom. The minimum Gasteiger partial charge on any atom is -0.358 e. The van der Waals surface area contributed by atoms with Gasteiger partial charge in [0.25, 0.3) is 0 Å². The molecule has 3 N–H and O–H groups in total. The molecule has 22 heavy (non-hydrogen) atoms. The van der Waals surface area contributed by atoms with Crippen molar-refractivity contribution in [3.8, 4) is 0 Å². The lowest BCUT2D eigenvalue weighted by molar-refractivity contribution is -0.123. The lowest BCUT2D eigenvalue weighted by Crippen LogP contribution is -2.43. The third-order valence-electron chi connectivity index (χ3n) is 4.58. The van der Waals surface area contributed by atoms with Crippen molar-refractivity contribution in [3.63, 3.8) is 0 Å². The maximum Gasteiger partial charge on any atom is 0.237 e. The molecule has 1 aromatic carbocycles. The third-order valence-corrected chi connectivity index (χ3v) is 5.24. The molecule has 5 heteroatoms. The molecule has 0 spiro atoms. The van der Waals surface area contributed by atoms with E-state index in [4.69, 9.17) is 0 Å². The summed E-state index contributed by atoms with van der Waals surface area (Å²) in [6.45, 7) is 5.82.